The molecule has 1 amide bonds. The molecule has 0 spiro atoms. The Bertz CT molecular complexity index is 659. The monoisotopic (exact) mass is 315 g/mol. The van der Waals surface area contributed by atoms with E-state index >= 15 is 0 Å². The molecular weight excluding hydrogens is 290 g/mol. The quantitative estimate of drug-likeness (QED) is 0.890. The second-order valence-corrected chi connectivity index (χ2v) is 6.47. The molecule has 1 unspecified atom stereocenters. The van der Waals surface area contributed by atoms with Crippen LogP contribution in [-0.2, 0) is 4.74 Å². The Labute approximate surface area is 137 Å². The zero-order valence-corrected chi connectivity index (χ0v) is 13.9. The van der Waals surface area contributed by atoms with Gasteiger partial charge in [-0.25, -0.2) is 0 Å². The maximum absolute atomic E-state index is 12.9. The van der Waals surface area contributed by atoms with Crippen LogP contribution in [0, 0.1) is 0 Å². The summed E-state index contributed by atoms with van der Waals surface area (Å²) >= 11 is 0. The number of aromatic nitrogens is 1. The Hall–Kier alpha value is -1.85. The van der Waals surface area contributed by atoms with E-state index in [0.717, 1.165) is 42.5 Å². The van der Waals surface area contributed by atoms with Crippen molar-refractivity contribution in [3.05, 3.63) is 36.0 Å². The number of ether oxygens (including phenoxy) is 1. The molecule has 1 atom stereocenters. The smallest absolute Gasteiger partial charge is 0.254 e. The van der Waals surface area contributed by atoms with Crippen molar-refractivity contribution in [3.8, 4) is 0 Å². The van der Waals surface area contributed by atoms with Crippen LogP contribution in [0.3, 0.4) is 0 Å². The molecule has 0 aliphatic carbocycles. The number of likely N-dealkylation sites (N-methyl/N-ethyl adjacent to an activating group) is 1. The standard InChI is InChI=1S/C18H25N3O2/c1-20(2)9-10-21(13-16-4-3-11-23-16)18(22)15-6-5-14-7-8-19-17(14)12-15/h5-8,12,16,19H,3-4,9-11,13H2,1-2H3. The Morgan fingerprint density at radius 1 is 1.30 bits per heavy atom. The summed E-state index contributed by atoms with van der Waals surface area (Å²) in [6.45, 7) is 3.06. The van der Waals surface area contributed by atoms with E-state index in [9.17, 15) is 4.79 Å². The number of nitrogens with one attached hydrogen (secondary N) is 1. The van der Waals surface area contributed by atoms with E-state index in [0.29, 0.717) is 13.1 Å². The van der Waals surface area contributed by atoms with Gasteiger partial charge < -0.3 is 19.5 Å². The van der Waals surface area contributed by atoms with Crippen LogP contribution < -0.4 is 0 Å². The van der Waals surface area contributed by atoms with Gasteiger partial charge in [-0.15, -0.1) is 0 Å². The van der Waals surface area contributed by atoms with E-state index in [1.165, 1.54) is 0 Å². The molecule has 5 heteroatoms. The number of aromatic amines is 1. The summed E-state index contributed by atoms with van der Waals surface area (Å²) in [5, 5.41) is 1.13. The molecule has 1 fully saturated rings. The molecule has 2 heterocycles. The second kappa shape index (κ2) is 7.15. The Morgan fingerprint density at radius 2 is 2.17 bits per heavy atom. The fraction of sp³-hybridized carbons (Fsp3) is 0.500. The summed E-state index contributed by atoms with van der Waals surface area (Å²) in [5.41, 5.74) is 1.73. The highest BCUT2D eigenvalue weighted by atomic mass is 16.5. The highest BCUT2D eigenvalue weighted by Gasteiger charge is 2.23. The van der Waals surface area contributed by atoms with E-state index in [-0.39, 0.29) is 12.0 Å². The maximum Gasteiger partial charge on any atom is 0.254 e. The van der Waals surface area contributed by atoms with Crippen LogP contribution >= 0.6 is 0 Å². The Kier molecular flexibility index (Phi) is 4.98. The molecule has 0 radical (unpaired) electrons. The lowest BCUT2D eigenvalue weighted by Crippen LogP contribution is -2.41. The largest absolute Gasteiger partial charge is 0.376 e. The van der Waals surface area contributed by atoms with Crippen LogP contribution in [0.2, 0.25) is 0 Å². The first kappa shape index (κ1) is 16.0. The third-order valence-corrected chi connectivity index (χ3v) is 4.35. The van der Waals surface area contributed by atoms with E-state index in [1.54, 1.807) is 0 Å². The third kappa shape index (κ3) is 3.92. The van der Waals surface area contributed by atoms with Gasteiger partial charge in [0.05, 0.1) is 6.10 Å². The van der Waals surface area contributed by atoms with Crippen molar-refractivity contribution in [3.63, 3.8) is 0 Å². The fourth-order valence-corrected chi connectivity index (χ4v) is 2.99. The van der Waals surface area contributed by atoms with Crippen molar-refractivity contribution in [2.45, 2.75) is 18.9 Å². The van der Waals surface area contributed by atoms with Gasteiger partial charge in [0.15, 0.2) is 0 Å². The SMILES string of the molecule is CN(C)CCN(CC1CCCO1)C(=O)c1ccc2cc[nH]c2c1. The summed E-state index contributed by atoms with van der Waals surface area (Å²) in [4.78, 5) is 20.2. The molecule has 23 heavy (non-hydrogen) atoms. The molecule has 1 aromatic carbocycles. The molecule has 1 aliphatic heterocycles. The average molecular weight is 315 g/mol. The number of fused-ring (bicyclic) bond motifs is 1. The number of amides is 1. The zero-order valence-electron chi connectivity index (χ0n) is 13.9. The molecule has 124 valence electrons. The van der Waals surface area contributed by atoms with Crippen molar-refractivity contribution in [1.82, 2.24) is 14.8 Å². The predicted octanol–water partition coefficient (Wildman–Crippen LogP) is 2.35. The number of hydrogen-bond donors (Lipinski definition) is 1. The molecular formula is C18H25N3O2. The number of H-pyrrole nitrogens is 1. The van der Waals surface area contributed by atoms with Crippen LogP contribution in [0.5, 0.6) is 0 Å². The fourth-order valence-electron chi connectivity index (χ4n) is 2.99. The zero-order chi connectivity index (χ0) is 16.2. The number of rotatable bonds is 6. The number of carbonyl (C=O) groups excluding carboxylic acids is 1. The Morgan fingerprint density at radius 3 is 2.91 bits per heavy atom. The minimum absolute atomic E-state index is 0.0823. The molecule has 1 aliphatic rings. The molecule has 5 nitrogen and oxygen atoms in total. The van der Waals surface area contributed by atoms with Gasteiger partial charge in [-0.05, 0) is 50.5 Å². The average Bonchev–Trinajstić information content (AvgIpc) is 3.20. The minimum Gasteiger partial charge on any atom is -0.376 e. The topological polar surface area (TPSA) is 48.6 Å². The van der Waals surface area contributed by atoms with Crippen LogP contribution in [0.1, 0.15) is 23.2 Å². The maximum atomic E-state index is 12.9. The summed E-state index contributed by atoms with van der Waals surface area (Å²) in [7, 11) is 4.05. The van der Waals surface area contributed by atoms with E-state index < -0.39 is 0 Å². The number of hydrogen-bond acceptors (Lipinski definition) is 3. The number of benzene rings is 1. The highest BCUT2D eigenvalue weighted by molar-refractivity contribution is 5.98. The lowest BCUT2D eigenvalue weighted by atomic mass is 10.1. The normalized spacial score (nSPS) is 18.0. The van der Waals surface area contributed by atoms with E-state index in [2.05, 4.69) is 9.88 Å². The van der Waals surface area contributed by atoms with Gasteiger partial charge in [0, 0.05) is 43.5 Å². The number of nitrogens with zero attached hydrogens (tertiary/aromatic N) is 2. The van der Waals surface area contributed by atoms with Crippen LogP contribution in [0.15, 0.2) is 30.5 Å². The molecule has 3 rings (SSSR count). The van der Waals surface area contributed by atoms with Gasteiger partial charge in [-0.3, -0.25) is 4.79 Å². The lowest BCUT2D eigenvalue weighted by Gasteiger charge is -2.27. The minimum atomic E-state index is 0.0823. The molecule has 1 aromatic heterocycles. The summed E-state index contributed by atoms with van der Waals surface area (Å²) in [6, 6.07) is 7.86. The summed E-state index contributed by atoms with van der Waals surface area (Å²) in [5.74, 6) is 0.0823. The summed E-state index contributed by atoms with van der Waals surface area (Å²) < 4.78 is 5.72. The predicted molar refractivity (Wildman–Crippen MR) is 91.7 cm³/mol. The van der Waals surface area contributed by atoms with Crippen molar-refractivity contribution >= 4 is 16.8 Å². The van der Waals surface area contributed by atoms with Gasteiger partial charge in [-0.2, -0.15) is 0 Å². The number of carbonyl (C=O) groups is 1. The van der Waals surface area contributed by atoms with Gasteiger partial charge >= 0.3 is 0 Å². The van der Waals surface area contributed by atoms with Gasteiger partial charge in [0.1, 0.15) is 0 Å². The van der Waals surface area contributed by atoms with Crippen molar-refractivity contribution in [1.29, 1.82) is 0 Å². The molecule has 2 aromatic rings. The van der Waals surface area contributed by atoms with Gasteiger partial charge in [-0.1, -0.05) is 6.07 Å². The molecule has 0 bridgehead atoms. The van der Waals surface area contributed by atoms with E-state index in [1.807, 2.05) is 49.5 Å². The molecule has 0 saturated carbocycles. The first-order valence-electron chi connectivity index (χ1n) is 8.26. The van der Waals surface area contributed by atoms with E-state index in [4.69, 9.17) is 4.74 Å². The van der Waals surface area contributed by atoms with Crippen LogP contribution in [-0.4, -0.2) is 67.1 Å². The second-order valence-electron chi connectivity index (χ2n) is 6.47. The van der Waals surface area contributed by atoms with Gasteiger partial charge in [0.2, 0.25) is 0 Å². The molecule has 1 saturated heterocycles. The first-order valence-corrected chi connectivity index (χ1v) is 8.26. The first-order chi connectivity index (χ1) is 11.1. The van der Waals surface area contributed by atoms with Crippen molar-refractivity contribution < 1.29 is 9.53 Å². The lowest BCUT2D eigenvalue weighted by molar-refractivity contribution is 0.0512. The van der Waals surface area contributed by atoms with Gasteiger partial charge in [0.25, 0.3) is 5.91 Å². The van der Waals surface area contributed by atoms with Crippen LogP contribution in [0.25, 0.3) is 10.9 Å². The van der Waals surface area contributed by atoms with Crippen molar-refractivity contribution in [2.24, 2.45) is 0 Å². The highest BCUT2D eigenvalue weighted by Crippen LogP contribution is 2.18. The van der Waals surface area contributed by atoms with Crippen LogP contribution in [0.4, 0.5) is 0 Å². The summed E-state index contributed by atoms with van der Waals surface area (Å²) in [6.07, 6.45) is 4.21. The molecule has 1 N–H and O–H groups in total. The van der Waals surface area contributed by atoms with Crippen molar-refractivity contribution in [2.75, 3.05) is 40.3 Å². The third-order valence-electron chi connectivity index (χ3n) is 4.35. The Balaban J connectivity index is 1.76.